The molecule has 0 radical (unpaired) electrons. The average Bonchev–Trinajstić information content (AvgIpc) is 2.77. The van der Waals surface area contributed by atoms with Crippen LogP contribution in [0.5, 0.6) is 0 Å². The number of aromatic nitrogens is 5. The van der Waals surface area contributed by atoms with E-state index in [0.29, 0.717) is 32.0 Å². The molecule has 1 amide bonds. The second-order valence-corrected chi connectivity index (χ2v) is 6.53. The van der Waals surface area contributed by atoms with Gasteiger partial charge in [0.25, 0.3) is 5.56 Å². The van der Waals surface area contributed by atoms with E-state index in [0.717, 1.165) is 11.5 Å². The maximum Gasteiger partial charge on any atom is 0.267 e. The molecule has 1 aliphatic rings. The Morgan fingerprint density at radius 2 is 1.83 bits per heavy atom. The molecular formula is C19H20N8O2. The number of nitrogens with zero attached hydrogens (tertiary/aromatic N) is 7. The van der Waals surface area contributed by atoms with Gasteiger partial charge in [0.05, 0.1) is 11.9 Å². The first-order chi connectivity index (χ1) is 14.2. The molecule has 10 heteroatoms. The van der Waals surface area contributed by atoms with E-state index in [9.17, 15) is 9.59 Å². The molecule has 10 nitrogen and oxygen atoms in total. The fraction of sp³-hybridized carbons (Fsp3) is 0.263. The van der Waals surface area contributed by atoms with Crippen LogP contribution in [-0.4, -0.2) is 61.9 Å². The number of nitrogens with one attached hydrogen (secondary N) is 1. The maximum absolute atomic E-state index is 12.4. The summed E-state index contributed by atoms with van der Waals surface area (Å²) in [6, 6.07) is 10.5. The van der Waals surface area contributed by atoms with Crippen LogP contribution in [-0.2, 0) is 11.3 Å². The summed E-state index contributed by atoms with van der Waals surface area (Å²) in [6.45, 7) is 2.35. The first-order valence-electron chi connectivity index (χ1n) is 9.25. The molecule has 0 aromatic carbocycles. The van der Waals surface area contributed by atoms with Crippen molar-refractivity contribution in [2.45, 2.75) is 6.54 Å². The molecule has 4 heterocycles. The van der Waals surface area contributed by atoms with Crippen molar-refractivity contribution in [1.29, 1.82) is 0 Å². The van der Waals surface area contributed by atoms with Gasteiger partial charge in [0, 0.05) is 44.6 Å². The minimum absolute atomic E-state index is 0.0474. The Labute approximate surface area is 166 Å². The fourth-order valence-corrected chi connectivity index (χ4v) is 3.06. The van der Waals surface area contributed by atoms with Crippen LogP contribution in [0.4, 0.5) is 17.3 Å². The van der Waals surface area contributed by atoms with Crippen LogP contribution < -0.4 is 15.8 Å². The van der Waals surface area contributed by atoms with Gasteiger partial charge in [0.2, 0.25) is 5.91 Å². The molecule has 3 aromatic rings. The number of rotatable bonds is 5. The number of hydrogen-bond acceptors (Lipinski definition) is 8. The summed E-state index contributed by atoms with van der Waals surface area (Å²) in [5, 5.41) is 15.6. The molecule has 0 unspecified atom stereocenters. The summed E-state index contributed by atoms with van der Waals surface area (Å²) in [5.74, 6) is 1.28. The van der Waals surface area contributed by atoms with Crippen LogP contribution in [0.3, 0.4) is 0 Å². The van der Waals surface area contributed by atoms with Gasteiger partial charge in [-0.2, -0.15) is 5.10 Å². The third kappa shape index (κ3) is 4.54. The monoisotopic (exact) mass is 392 g/mol. The van der Waals surface area contributed by atoms with Crippen LogP contribution in [0.15, 0.2) is 59.8 Å². The number of piperazine rings is 1. The predicted octanol–water partition coefficient (Wildman–Crippen LogP) is 0.521. The van der Waals surface area contributed by atoms with E-state index < -0.39 is 0 Å². The molecule has 4 rings (SSSR count). The fourth-order valence-electron chi connectivity index (χ4n) is 3.06. The largest absolute Gasteiger partial charge is 0.352 e. The highest BCUT2D eigenvalue weighted by molar-refractivity contribution is 5.76. The van der Waals surface area contributed by atoms with Crippen molar-refractivity contribution in [2.75, 3.05) is 36.4 Å². The molecule has 1 fully saturated rings. The van der Waals surface area contributed by atoms with Gasteiger partial charge in [0.1, 0.15) is 6.54 Å². The Kier molecular flexibility index (Phi) is 5.41. The van der Waals surface area contributed by atoms with E-state index in [4.69, 9.17) is 0 Å². The van der Waals surface area contributed by atoms with Gasteiger partial charge in [-0.3, -0.25) is 14.6 Å². The number of anilines is 3. The molecule has 0 saturated carbocycles. The maximum atomic E-state index is 12.4. The number of hydrogen-bond donors (Lipinski definition) is 1. The summed E-state index contributed by atoms with van der Waals surface area (Å²) in [4.78, 5) is 32.0. The normalized spacial score (nSPS) is 13.9. The van der Waals surface area contributed by atoms with Crippen molar-refractivity contribution in [3.63, 3.8) is 0 Å². The van der Waals surface area contributed by atoms with E-state index in [1.807, 2.05) is 24.3 Å². The number of carbonyl (C=O) groups is 1. The van der Waals surface area contributed by atoms with E-state index in [2.05, 4.69) is 30.5 Å². The second-order valence-electron chi connectivity index (χ2n) is 6.53. The summed E-state index contributed by atoms with van der Waals surface area (Å²) < 4.78 is 1.17. The summed E-state index contributed by atoms with van der Waals surface area (Å²) in [7, 11) is 0. The third-order valence-corrected chi connectivity index (χ3v) is 4.61. The molecule has 1 aliphatic heterocycles. The van der Waals surface area contributed by atoms with Crippen molar-refractivity contribution in [3.05, 3.63) is 65.3 Å². The molecule has 1 saturated heterocycles. The molecular weight excluding hydrogens is 372 g/mol. The van der Waals surface area contributed by atoms with Crippen LogP contribution in [0.1, 0.15) is 0 Å². The number of pyridine rings is 1. The standard InChI is InChI=1S/C19H20N8O2/c28-18-4-2-8-21-27(18)14-19(29)26-11-9-25(10-12-26)17-6-5-16(23-24-17)22-15-3-1-7-20-13-15/h1-8,13H,9-12,14H2,(H,22,23). The van der Waals surface area contributed by atoms with Gasteiger partial charge in [0.15, 0.2) is 11.6 Å². The van der Waals surface area contributed by atoms with Gasteiger partial charge in [-0.15, -0.1) is 10.2 Å². The van der Waals surface area contributed by atoms with Crippen LogP contribution in [0.25, 0.3) is 0 Å². The highest BCUT2D eigenvalue weighted by Crippen LogP contribution is 2.17. The predicted molar refractivity (Wildman–Crippen MR) is 107 cm³/mol. The lowest BCUT2D eigenvalue weighted by molar-refractivity contribution is -0.132. The van der Waals surface area contributed by atoms with Gasteiger partial charge in [-0.25, -0.2) is 4.68 Å². The van der Waals surface area contributed by atoms with Gasteiger partial charge in [-0.05, 0) is 30.3 Å². The van der Waals surface area contributed by atoms with Crippen LogP contribution in [0, 0.1) is 0 Å². The lowest BCUT2D eigenvalue weighted by Gasteiger charge is -2.35. The molecule has 29 heavy (non-hydrogen) atoms. The zero-order valence-corrected chi connectivity index (χ0v) is 15.7. The summed E-state index contributed by atoms with van der Waals surface area (Å²) in [5.41, 5.74) is 0.559. The van der Waals surface area contributed by atoms with Gasteiger partial charge in [-0.1, -0.05) is 0 Å². The van der Waals surface area contributed by atoms with Crippen molar-refractivity contribution in [2.24, 2.45) is 0 Å². The highest BCUT2D eigenvalue weighted by atomic mass is 16.2. The molecule has 0 aliphatic carbocycles. The Hall–Kier alpha value is -3.82. The lowest BCUT2D eigenvalue weighted by Crippen LogP contribution is -2.50. The minimum atomic E-state index is -0.283. The van der Waals surface area contributed by atoms with Crippen molar-refractivity contribution in [3.8, 4) is 0 Å². The molecule has 0 atom stereocenters. The zero-order chi connectivity index (χ0) is 20.1. The Morgan fingerprint density at radius 1 is 1.00 bits per heavy atom. The number of amides is 1. The Balaban J connectivity index is 1.32. The van der Waals surface area contributed by atoms with Gasteiger partial charge < -0.3 is 15.1 Å². The topological polar surface area (TPSA) is 109 Å². The van der Waals surface area contributed by atoms with Gasteiger partial charge >= 0.3 is 0 Å². The first-order valence-corrected chi connectivity index (χ1v) is 9.25. The summed E-state index contributed by atoms with van der Waals surface area (Å²) in [6.07, 6.45) is 4.92. The lowest BCUT2D eigenvalue weighted by atomic mass is 10.3. The SMILES string of the molecule is O=C(Cn1ncccc1=O)N1CCN(c2ccc(Nc3cccnc3)nn2)CC1. The highest BCUT2D eigenvalue weighted by Gasteiger charge is 2.22. The van der Waals surface area contributed by atoms with E-state index in [1.54, 1.807) is 23.4 Å². The Morgan fingerprint density at radius 3 is 2.52 bits per heavy atom. The van der Waals surface area contributed by atoms with E-state index in [1.165, 1.54) is 16.9 Å². The summed E-state index contributed by atoms with van der Waals surface area (Å²) >= 11 is 0. The molecule has 3 aromatic heterocycles. The third-order valence-electron chi connectivity index (χ3n) is 4.61. The van der Waals surface area contributed by atoms with Crippen molar-refractivity contribution in [1.82, 2.24) is 29.9 Å². The first kappa shape index (κ1) is 18.5. The molecule has 1 N–H and O–H groups in total. The van der Waals surface area contributed by atoms with E-state index in [-0.39, 0.29) is 18.0 Å². The van der Waals surface area contributed by atoms with Crippen molar-refractivity contribution >= 4 is 23.2 Å². The quantitative estimate of drug-likeness (QED) is 0.669. The molecule has 0 bridgehead atoms. The molecule has 148 valence electrons. The molecule has 0 spiro atoms. The number of carbonyl (C=O) groups excluding carboxylic acids is 1. The van der Waals surface area contributed by atoms with Crippen LogP contribution >= 0.6 is 0 Å². The van der Waals surface area contributed by atoms with E-state index >= 15 is 0 Å². The Bertz CT molecular complexity index is 1010. The second kappa shape index (κ2) is 8.46. The minimum Gasteiger partial charge on any atom is -0.352 e. The van der Waals surface area contributed by atoms with Crippen molar-refractivity contribution < 1.29 is 4.79 Å². The average molecular weight is 392 g/mol. The van der Waals surface area contributed by atoms with Crippen LogP contribution in [0.2, 0.25) is 0 Å². The zero-order valence-electron chi connectivity index (χ0n) is 15.7. The smallest absolute Gasteiger partial charge is 0.267 e.